The maximum atomic E-state index is 12.0. The highest BCUT2D eigenvalue weighted by molar-refractivity contribution is 6.13. The third-order valence-electron chi connectivity index (χ3n) is 3.75. The number of esters is 1. The van der Waals surface area contributed by atoms with E-state index in [9.17, 15) is 14.9 Å². The lowest BCUT2D eigenvalue weighted by molar-refractivity contribution is -0.385. The van der Waals surface area contributed by atoms with Crippen molar-refractivity contribution in [3.63, 3.8) is 0 Å². The second-order valence-corrected chi connectivity index (χ2v) is 5.45. The molecule has 1 aliphatic heterocycles. The molecule has 1 heterocycles. The molecule has 0 atom stereocenters. The zero-order chi connectivity index (χ0) is 17.3. The van der Waals surface area contributed by atoms with Crippen molar-refractivity contribution in [2.24, 2.45) is 4.99 Å². The summed E-state index contributed by atoms with van der Waals surface area (Å²) in [4.78, 5) is 26.8. The molecule has 3 rings (SSSR count). The van der Waals surface area contributed by atoms with Gasteiger partial charge in [-0.3, -0.25) is 10.1 Å². The maximum absolute atomic E-state index is 12.0. The van der Waals surface area contributed by atoms with Crippen LogP contribution in [0.5, 0.6) is 0 Å². The van der Waals surface area contributed by atoms with Crippen LogP contribution in [-0.2, 0) is 9.53 Å². The van der Waals surface area contributed by atoms with Crippen molar-refractivity contribution in [1.82, 2.24) is 0 Å². The summed E-state index contributed by atoms with van der Waals surface area (Å²) in [5.74, 6) is -0.501. The van der Waals surface area contributed by atoms with Gasteiger partial charge in [-0.2, -0.15) is 0 Å². The largest absolute Gasteiger partial charge is 0.402 e. The number of nitro benzene ring substituents is 1. The van der Waals surface area contributed by atoms with Gasteiger partial charge in [-0.15, -0.1) is 0 Å². The molecule has 0 amide bonds. The molecule has 24 heavy (non-hydrogen) atoms. The van der Waals surface area contributed by atoms with Gasteiger partial charge >= 0.3 is 5.97 Å². The molecule has 6 nitrogen and oxygen atoms in total. The molecule has 0 unspecified atom stereocenters. The normalized spacial score (nSPS) is 15.3. The van der Waals surface area contributed by atoms with E-state index in [0.717, 1.165) is 11.1 Å². The SMILES string of the molecule is Cc1ccccc1/C=C1\N=C(c2ccc(C)c([N+](=O)[O-])c2)OC1=O. The number of hydrogen-bond acceptors (Lipinski definition) is 5. The van der Waals surface area contributed by atoms with E-state index in [1.807, 2.05) is 31.2 Å². The van der Waals surface area contributed by atoms with Crippen molar-refractivity contribution >= 4 is 23.6 Å². The van der Waals surface area contributed by atoms with E-state index in [4.69, 9.17) is 4.74 Å². The van der Waals surface area contributed by atoms with Gasteiger partial charge in [0.05, 0.1) is 4.92 Å². The third kappa shape index (κ3) is 2.94. The quantitative estimate of drug-likeness (QED) is 0.374. The average Bonchev–Trinajstić information content (AvgIpc) is 2.91. The lowest BCUT2D eigenvalue weighted by atomic mass is 10.1. The van der Waals surface area contributed by atoms with E-state index in [-0.39, 0.29) is 17.3 Å². The third-order valence-corrected chi connectivity index (χ3v) is 3.75. The van der Waals surface area contributed by atoms with Crippen LogP contribution in [0, 0.1) is 24.0 Å². The first-order valence-corrected chi connectivity index (χ1v) is 7.29. The zero-order valence-corrected chi connectivity index (χ0v) is 13.1. The first kappa shape index (κ1) is 15.6. The summed E-state index contributed by atoms with van der Waals surface area (Å²) >= 11 is 0. The van der Waals surface area contributed by atoms with Crippen molar-refractivity contribution in [3.05, 3.63) is 80.5 Å². The molecule has 0 saturated heterocycles. The second kappa shape index (κ2) is 6.08. The summed E-state index contributed by atoms with van der Waals surface area (Å²) in [5.41, 5.74) is 2.93. The number of nitrogens with zero attached hydrogens (tertiary/aromatic N) is 2. The monoisotopic (exact) mass is 322 g/mol. The van der Waals surface area contributed by atoms with Gasteiger partial charge in [-0.25, -0.2) is 9.79 Å². The fourth-order valence-electron chi connectivity index (χ4n) is 2.37. The molecule has 0 N–H and O–H groups in total. The Kier molecular flexibility index (Phi) is 3.95. The van der Waals surface area contributed by atoms with Crippen molar-refractivity contribution < 1.29 is 14.5 Å². The van der Waals surface area contributed by atoms with Gasteiger partial charge in [0, 0.05) is 17.2 Å². The van der Waals surface area contributed by atoms with Crippen molar-refractivity contribution in [2.75, 3.05) is 0 Å². The van der Waals surface area contributed by atoms with Crippen LogP contribution in [0.2, 0.25) is 0 Å². The number of aryl methyl sites for hydroxylation is 2. The van der Waals surface area contributed by atoms with Gasteiger partial charge in [0.25, 0.3) is 5.69 Å². The standard InChI is InChI=1S/C18H14N2O4/c1-11-5-3-4-6-13(11)9-15-18(21)24-17(19-15)14-8-7-12(2)16(10-14)20(22)23/h3-10H,1-2H3/b15-9-. The van der Waals surface area contributed by atoms with Crippen molar-refractivity contribution in [2.45, 2.75) is 13.8 Å². The predicted octanol–water partition coefficient (Wildman–Crippen LogP) is 3.56. The molecule has 1 aliphatic rings. The van der Waals surface area contributed by atoms with E-state index in [1.165, 1.54) is 6.07 Å². The highest BCUT2D eigenvalue weighted by Gasteiger charge is 2.25. The van der Waals surface area contributed by atoms with Gasteiger partial charge in [0.1, 0.15) is 0 Å². The molecule has 0 aliphatic carbocycles. The molecule has 0 aromatic heterocycles. The highest BCUT2D eigenvalue weighted by atomic mass is 16.6. The molecule has 0 bridgehead atoms. The molecule has 0 spiro atoms. The topological polar surface area (TPSA) is 81.8 Å². The molecule has 0 saturated carbocycles. The van der Waals surface area contributed by atoms with Crippen LogP contribution in [0.1, 0.15) is 22.3 Å². The first-order chi connectivity index (χ1) is 11.5. The minimum absolute atomic E-state index is 0.0393. The van der Waals surface area contributed by atoms with Crippen LogP contribution < -0.4 is 0 Å². The summed E-state index contributed by atoms with van der Waals surface area (Å²) in [6.07, 6.45) is 1.65. The Morgan fingerprint density at radius 2 is 1.88 bits per heavy atom. The van der Waals surface area contributed by atoms with E-state index < -0.39 is 10.9 Å². The average molecular weight is 322 g/mol. The first-order valence-electron chi connectivity index (χ1n) is 7.29. The van der Waals surface area contributed by atoms with Crippen LogP contribution >= 0.6 is 0 Å². The van der Waals surface area contributed by atoms with E-state index >= 15 is 0 Å². The molecule has 0 radical (unpaired) electrons. The number of carbonyl (C=O) groups is 1. The molecule has 0 fully saturated rings. The minimum atomic E-state index is -0.573. The number of carbonyl (C=O) groups excluding carboxylic acids is 1. The predicted molar refractivity (Wildman–Crippen MR) is 89.6 cm³/mol. The number of rotatable bonds is 3. The Labute approximate surface area is 138 Å². The molecule has 2 aromatic carbocycles. The Balaban J connectivity index is 2.00. The number of nitro groups is 1. The number of ether oxygens (including phenoxy) is 1. The Bertz CT molecular complexity index is 913. The van der Waals surface area contributed by atoms with Gasteiger partial charge in [-0.1, -0.05) is 30.3 Å². The van der Waals surface area contributed by atoms with Crippen LogP contribution in [0.15, 0.2) is 53.2 Å². The van der Waals surface area contributed by atoms with Crippen molar-refractivity contribution in [1.29, 1.82) is 0 Å². The summed E-state index contributed by atoms with van der Waals surface area (Å²) in [6, 6.07) is 12.2. The van der Waals surface area contributed by atoms with Crippen LogP contribution in [0.25, 0.3) is 6.08 Å². The fourth-order valence-corrected chi connectivity index (χ4v) is 2.37. The van der Waals surface area contributed by atoms with Gasteiger partial charge in [-0.05, 0) is 37.1 Å². The Hall–Kier alpha value is -3.28. The molecular weight excluding hydrogens is 308 g/mol. The summed E-state index contributed by atoms with van der Waals surface area (Å²) in [6.45, 7) is 3.58. The second-order valence-electron chi connectivity index (χ2n) is 5.45. The lowest BCUT2D eigenvalue weighted by Crippen LogP contribution is -2.06. The number of hydrogen-bond donors (Lipinski definition) is 0. The smallest absolute Gasteiger partial charge is 0.363 e. The zero-order valence-electron chi connectivity index (χ0n) is 13.1. The summed E-state index contributed by atoms with van der Waals surface area (Å²) < 4.78 is 5.17. The maximum Gasteiger partial charge on any atom is 0.363 e. The highest BCUT2D eigenvalue weighted by Crippen LogP contribution is 2.24. The summed E-state index contributed by atoms with van der Waals surface area (Å²) in [5, 5.41) is 11.0. The van der Waals surface area contributed by atoms with Gasteiger partial charge in [0.15, 0.2) is 5.70 Å². The summed E-state index contributed by atoms with van der Waals surface area (Å²) in [7, 11) is 0. The van der Waals surface area contributed by atoms with E-state index in [2.05, 4.69) is 4.99 Å². The molecular formula is C18H14N2O4. The van der Waals surface area contributed by atoms with Crippen LogP contribution in [0.4, 0.5) is 5.69 Å². The van der Waals surface area contributed by atoms with Gasteiger partial charge < -0.3 is 4.74 Å². The van der Waals surface area contributed by atoms with Crippen molar-refractivity contribution in [3.8, 4) is 0 Å². The van der Waals surface area contributed by atoms with Crippen LogP contribution in [-0.4, -0.2) is 16.8 Å². The van der Waals surface area contributed by atoms with Gasteiger partial charge in [0.2, 0.25) is 5.90 Å². The number of aliphatic imine (C=N–C) groups is 1. The minimum Gasteiger partial charge on any atom is -0.402 e. The Morgan fingerprint density at radius 1 is 1.12 bits per heavy atom. The molecule has 2 aromatic rings. The van der Waals surface area contributed by atoms with E-state index in [1.54, 1.807) is 25.1 Å². The lowest BCUT2D eigenvalue weighted by Gasteiger charge is -2.01. The van der Waals surface area contributed by atoms with E-state index in [0.29, 0.717) is 11.1 Å². The fraction of sp³-hybridized carbons (Fsp3) is 0.111. The number of cyclic esters (lactones) is 1. The Morgan fingerprint density at radius 3 is 2.58 bits per heavy atom. The molecule has 120 valence electrons. The number of benzene rings is 2. The van der Waals surface area contributed by atoms with Crippen LogP contribution in [0.3, 0.4) is 0 Å². The molecule has 6 heteroatoms.